The average molecular weight is 217 g/mol. The zero-order valence-corrected chi connectivity index (χ0v) is 10.5. The minimum atomic E-state index is 0.820. The van der Waals surface area contributed by atoms with Gasteiger partial charge in [0.25, 0.3) is 0 Å². The van der Waals surface area contributed by atoms with Crippen molar-refractivity contribution in [2.24, 2.45) is 5.92 Å². The van der Waals surface area contributed by atoms with Crippen LogP contribution in [0.5, 0.6) is 0 Å². The molecule has 1 aromatic rings. The molecule has 1 aliphatic heterocycles. The van der Waals surface area contributed by atoms with Crippen LogP contribution in [0.2, 0.25) is 0 Å². The summed E-state index contributed by atoms with van der Waals surface area (Å²) in [5, 5.41) is 0. The van der Waals surface area contributed by atoms with E-state index in [0.717, 1.165) is 18.5 Å². The van der Waals surface area contributed by atoms with Crippen molar-refractivity contribution in [3.05, 3.63) is 35.9 Å². The maximum atomic E-state index is 2.66. The predicted molar refractivity (Wildman–Crippen MR) is 69.3 cm³/mol. The van der Waals surface area contributed by atoms with E-state index in [1.807, 2.05) is 0 Å². The largest absolute Gasteiger partial charge is 0.296 e. The topological polar surface area (TPSA) is 3.24 Å². The molecule has 1 aliphatic rings. The van der Waals surface area contributed by atoms with Crippen molar-refractivity contribution in [2.75, 3.05) is 6.54 Å². The first-order chi connectivity index (χ1) is 7.75. The van der Waals surface area contributed by atoms with E-state index in [1.54, 1.807) is 0 Å². The van der Waals surface area contributed by atoms with Crippen LogP contribution in [0.25, 0.3) is 0 Å². The lowest BCUT2D eigenvalue weighted by atomic mass is 10.0. The second-order valence-electron chi connectivity index (χ2n) is 5.38. The van der Waals surface area contributed by atoms with Gasteiger partial charge in [0.15, 0.2) is 0 Å². The first-order valence-electron chi connectivity index (χ1n) is 6.53. The Bertz CT molecular complexity index is 304. The van der Waals surface area contributed by atoms with Gasteiger partial charge in [-0.15, -0.1) is 0 Å². The molecule has 16 heavy (non-hydrogen) atoms. The number of hydrogen-bond donors (Lipinski definition) is 0. The smallest absolute Gasteiger partial charge is 0.0236 e. The summed E-state index contributed by atoms with van der Waals surface area (Å²) in [7, 11) is 0. The normalized spacial score (nSPS) is 21.8. The van der Waals surface area contributed by atoms with Crippen molar-refractivity contribution in [3.63, 3.8) is 0 Å². The van der Waals surface area contributed by atoms with E-state index in [-0.39, 0.29) is 0 Å². The highest BCUT2D eigenvalue weighted by Crippen LogP contribution is 2.24. The molecule has 1 heterocycles. The Morgan fingerprint density at radius 2 is 2.00 bits per heavy atom. The van der Waals surface area contributed by atoms with Gasteiger partial charge in [0, 0.05) is 12.6 Å². The third kappa shape index (κ3) is 3.08. The molecule has 2 rings (SSSR count). The zero-order chi connectivity index (χ0) is 11.4. The molecule has 1 unspecified atom stereocenters. The lowest BCUT2D eigenvalue weighted by Gasteiger charge is -2.25. The van der Waals surface area contributed by atoms with Crippen LogP contribution in [0.15, 0.2) is 30.3 Å². The molecule has 0 aliphatic carbocycles. The van der Waals surface area contributed by atoms with E-state index >= 15 is 0 Å². The number of nitrogens with zero attached hydrogens (tertiary/aromatic N) is 1. The molecule has 1 aromatic carbocycles. The van der Waals surface area contributed by atoms with E-state index in [4.69, 9.17) is 0 Å². The standard InChI is InChI=1S/C15H23N/c1-13(2)11-15-9-6-10-16(15)12-14-7-4-3-5-8-14/h3-5,7-8,13,15H,6,9-12H2,1-2H3. The van der Waals surface area contributed by atoms with Gasteiger partial charge in [0.05, 0.1) is 0 Å². The zero-order valence-electron chi connectivity index (χ0n) is 10.5. The molecule has 1 heteroatoms. The quantitative estimate of drug-likeness (QED) is 0.743. The highest BCUT2D eigenvalue weighted by Gasteiger charge is 2.24. The van der Waals surface area contributed by atoms with Crippen molar-refractivity contribution >= 4 is 0 Å². The van der Waals surface area contributed by atoms with Gasteiger partial charge in [-0.2, -0.15) is 0 Å². The van der Waals surface area contributed by atoms with Crippen LogP contribution in [0.3, 0.4) is 0 Å². The van der Waals surface area contributed by atoms with Gasteiger partial charge >= 0.3 is 0 Å². The van der Waals surface area contributed by atoms with Crippen LogP contribution in [0.1, 0.15) is 38.7 Å². The maximum Gasteiger partial charge on any atom is 0.0236 e. The molecule has 1 fully saturated rings. The molecule has 0 N–H and O–H groups in total. The molecule has 0 saturated carbocycles. The Labute approximate surface area is 99.5 Å². The molecule has 1 nitrogen and oxygen atoms in total. The summed E-state index contributed by atoms with van der Waals surface area (Å²) in [6.07, 6.45) is 4.13. The minimum absolute atomic E-state index is 0.820. The molecule has 1 atom stereocenters. The maximum absolute atomic E-state index is 2.66. The van der Waals surface area contributed by atoms with E-state index in [2.05, 4.69) is 49.1 Å². The summed E-state index contributed by atoms with van der Waals surface area (Å²) < 4.78 is 0. The fourth-order valence-electron chi connectivity index (χ4n) is 2.73. The van der Waals surface area contributed by atoms with E-state index < -0.39 is 0 Å². The summed E-state index contributed by atoms with van der Waals surface area (Å²) in [6.45, 7) is 7.09. The van der Waals surface area contributed by atoms with Crippen LogP contribution < -0.4 is 0 Å². The fraction of sp³-hybridized carbons (Fsp3) is 0.600. The molecule has 1 saturated heterocycles. The SMILES string of the molecule is CC(C)CC1CCCN1Cc1ccccc1. The Kier molecular flexibility index (Phi) is 4.00. The van der Waals surface area contributed by atoms with Crippen molar-refractivity contribution in [1.29, 1.82) is 0 Å². The Morgan fingerprint density at radius 3 is 2.69 bits per heavy atom. The average Bonchev–Trinajstić information content (AvgIpc) is 2.66. The Hall–Kier alpha value is -0.820. The van der Waals surface area contributed by atoms with Crippen molar-refractivity contribution in [3.8, 4) is 0 Å². The minimum Gasteiger partial charge on any atom is -0.296 e. The Morgan fingerprint density at radius 1 is 1.25 bits per heavy atom. The number of hydrogen-bond acceptors (Lipinski definition) is 1. The molecule has 0 bridgehead atoms. The first-order valence-corrected chi connectivity index (χ1v) is 6.53. The van der Waals surface area contributed by atoms with Crippen LogP contribution in [0.4, 0.5) is 0 Å². The highest BCUT2D eigenvalue weighted by atomic mass is 15.2. The predicted octanol–water partition coefficient (Wildman–Crippen LogP) is 3.70. The second kappa shape index (κ2) is 5.49. The number of rotatable bonds is 4. The summed E-state index contributed by atoms with van der Waals surface area (Å²) in [5.74, 6) is 0.821. The van der Waals surface area contributed by atoms with Gasteiger partial charge in [-0.3, -0.25) is 4.90 Å². The molecular formula is C15H23N. The molecular weight excluding hydrogens is 194 g/mol. The monoisotopic (exact) mass is 217 g/mol. The third-order valence-electron chi connectivity index (χ3n) is 3.47. The second-order valence-corrected chi connectivity index (χ2v) is 5.38. The number of benzene rings is 1. The van der Waals surface area contributed by atoms with Gasteiger partial charge < -0.3 is 0 Å². The van der Waals surface area contributed by atoms with E-state index in [0.29, 0.717) is 0 Å². The number of likely N-dealkylation sites (tertiary alicyclic amines) is 1. The molecule has 88 valence electrons. The van der Waals surface area contributed by atoms with Gasteiger partial charge in [0.1, 0.15) is 0 Å². The van der Waals surface area contributed by atoms with Gasteiger partial charge in [-0.25, -0.2) is 0 Å². The van der Waals surface area contributed by atoms with E-state index in [9.17, 15) is 0 Å². The van der Waals surface area contributed by atoms with Crippen LogP contribution in [-0.4, -0.2) is 17.5 Å². The molecule has 0 amide bonds. The fourth-order valence-corrected chi connectivity index (χ4v) is 2.73. The third-order valence-corrected chi connectivity index (χ3v) is 3.47. The van der Waals surface area contributed by atoms with Gasteiger partial charge in [-0.1, -0.05) is 44.2 Å². The van der Waals surface area contributed by atoms with Crippen molar-refractivity contribution in [2.45, 2.75) is 45.7 Å². The molecule has 0 spiro atoms. The molecule has 0 aromatic heterocycles. The van der Waals surface area contributed by atoms with Gasteiger partial charge in [-0.05, 0) is 37.3 Å². The van der Waals surface area contributed by atoms with Crippen LogP contribution >= 0.6 is 0 Å². The van der Waals surface area contributed by atoms with Crippen molar-refractivity contribution in [1.82, 2.24) is 4.90 Å². The lowest BCUT2D eigenvalue weighted by molar-refractivity contribution is 0.218. The molecule has 0 radical (unpaired) electrons. The van der Waals surface area contributed by atoms with Crippen LogP contribution in [-0.2, 0) is 6.54 Å². The highest BCUT2D eigenvalue weighted by molar-refractivity contribution is 5.14. The van der Waals surface area contributed by atoms with Crippen molar-refractivity contribution < 1.29 is 0 Å². The summed E-state index contributed by atoms with van der Waals surface area (Å²) in [5.41, 5.74) is 1.46. The van der Waals surface area contributed by atoms with E-state index in [1.165, 1.54) is 31.4 Å². The first kappa shape index (κ1) is 11.7. The van der Waals surface area contributed by atoms with Gasteiger partial charge in [0.2, 0.25) is 0 Å². The summed E-state index contributed by atoms with van der Waals surface area (Å²) in [4.78, 5) is 2.66. The Balaban J connectivity index is 1.93. The lowest BCUT2D eigenvalue weighted by Crippen LogP contribution is -2.29. The van der Waals surface area contributed by atoms with Crippen LogP contribution in [0, 0.1) is 5.92 Å². The summed E-state index contributed by atoms with van der Waals surface area (Å²) >= 11 is 0. The summed E-state index contributed by atoms with van der Waals surface area (Å²) in [6, 6.07) is 11.7.